The highest BCUT2D eigenvalue weighted by molar-refractivity contribution is 7.89. The summed E-state index contributed by atoms with van der Waals surface area (Å²) in [5.41, 5.74) is 0.825. The van der Waals surface area contributed by atoms with E-state index in [4.69, 9.17) is 4.74 Å². The summed E-state index contributed by atoms with van der Waals surface area (Å²) in [6.07, 6.45) is -0.0206. The van der Waals surface area contributed by atoms with Gasteiger partial charge in [-0.3, -0.25) is 4.79 Å². The minimum atomic E-state index is -3.86. The first kappa shape index (κ1) is 21.8. The van der Waals surface area contributed by atoms with Gasteiger partial charge in [0.15, 0.2) is 0 Å². The third kappa shape index (κ3) is 6.03. The van der Waals surface area contributed by atoms with Crippen LogP contribution in [0.15, 0.2) is 53.4 Å². The highest BCUT2D eigenvalue weighted by Gasteiger charge is 2.24. The Labute approximate surface area is 165 Å². The molecule has 2 aromatic rings. The van der Waals surface area contributed by atoms with Crippen LogP contribution >= 0.6 is 0 Å². The normalized spacial score (nSPS) is 12.6. The van der Waals surface area contributed by atoms with Gasteiger partial charge in [-0.15, -0.1) is 0 Å². The number of carbonyl (C=O) groups excluding carboxylic acids is 1. The number of halogens is 1. The van der Waals surface area contributed by atoms with Gasteiger partial charge in [0.05, 0.1) is 12.0 Å². The second-order valence-corrected chi connectivity index (χ2v) is 8.43. The molecule has 8 heteroatoms. The number of nitrogens with one attached hydrogen (secondary N) is 2. The molecule has 0 radical (unpaired) electrons. The molecule has 6 nitrogen and oxygen atoms in total. The average molecular weight is 408 g/mol. The van der Waals surface area contributed by atoms with Crippen LogP contribution in [0.1, 0.15) is 25.8 Å². The van der Waals surface area contributed by atoms with Crippen molar-refractivity contribution >= 4 is 15.9 Å². The fourth-order valence-corrected chi connectivity index (χ4v) is 3.99. The molecular weight excluding hydrogens is 383 g/mol. The first-order valence-electron chi connectivity index (χ1n) is 8.89. The zero-order chi connectivity index (χ0) is 20.7. The fraction of sp³-hybridized carbons (Fsp3) is 0.350. The topological polar surface area (TPSA) is 84.5 Å². The SMILES string of the molecule is COc1ccccc1CNC(=O)CC(NS(=O)(=O)c1ccc(F)cc1)C(C)C. The van der Waals surface area contributed by atoms with E-state index in [1.54, 1.807) is 13.2 Å². The molecule has 2 rings (SSSR count). The number of hydrogen-bond donors (Lipinski definition) is 2. The van der Waals surface area contributed by atoms with Crippen molar-refractivity contribution in [2.24, 2.45) is 5.92 Å². The summed E-state index contributed by atoms with van der Waals surface area (Å²) in [7, 11) is -2.31. The predicted molar refractivity (Wildman–Crippen MR) is 105 cm³/mol. The van der Waals surface area contributed by atoms with Gasteiger partial charge in [-0.25, -0.2) is 17.5 Å². The standard InChI is InChI=1S/C20H25FN2O4S/c1-14(2)18(23-28(25,26)17-10-8-16(21)9-11-17)12-20(24)22-13-15-6-4-5-7-19(15)27-3/h4-11,14,18,23H,12-13H2,1-3H3,(H,22,24). The first-order valence-corrected chi connectivity index (χ1v) is 10.4. The molecule has 1 unspecified atom stereocenters. The van der Waals surface area contributed by atoms with Crippen molar-refractivity contribution < 1.29 is 22.3 Å². The molecule has 0 fully saturated rings. The lowest BCUT2D eigenvalue weighted by Gasteiger charge is -2.22. The molecule has 0 saturated carbocycles. The fourth-order valence-electron chi connectivity index (χ4n) is 2.61. The Bertz CT molecular complexity index is 899. The number of carbonyl (C=O) groups is 1. The van der Waals surface area contributed by atoms with E-state index in [2.05, 4.69) is 10.0 Å². The molecule has 152 valence electrons. The van der Waals surface area contributed by atoms with Gasteiger partial charge in [-0.2, -0.15) is 0 Å². The van der Waals surface area contributed by atoms with Gasteiger partial charge in [-0.1, -0.05) is 32.0 Å². The third-order valence-corrected chi connectivity index (χ3v) is 5.81. The number of rotatable bonds is 9. The molecule has 1 atom stereocenters. The number of hydrogen-bond acceptors (Lipinski definition) is 4. The summed E-state index contributed by atoms with van der Waals surface area (Å²) < 4.78 is 45.9. The van der Waals surface area contributed by atoms with E-state index in [0.29, 0.717) is 5.75 Å². The molecule has 0 heterocycles. The van der Waals surface area contributed by atoms with Crippen LogP contribution in [0.3, 0.4) is 0 Å². The maximum absolute atomic E-state index is 13.0. The molecule has 0 spiro atoms. The number of sulfonamides is 1. The lowest BCUT2D eigenvalue weighted by molar-refractivity contribution is -0.121. The van der Waals surface area contributed by atoms with Crippen LogP contribution in [0.4, 0.5) is 4.39 Å². The third-order valence-electron chi connectivity index (χ3n) is 4.31. The largest absolute Gasteiger partial charge is 0.496 e. The van der Waals surface area contributed by atoms with Gasteiger partial charge in [0.2, 0.25) is 15.9 Å². The Hall–Kier alpha value is -2.45. The molecule has 2 N–H and O–H groups in total. The van der Waals surface area contributed by atoms with Crippen molar-refractivity contribution in [3.63, 3.8) is 0 Å². The van der Waals surface area contributed by atoms with E-state index >= 15 is 0 Å². The minimum absolute atomic E-state index is 0.0206. The molecule has 2 aromatic carbocycles. The average Bonchev–Trinajstić information content (AvgIpc) is 2.66. The minimum Gasteiger partial charge on any atom is -0.496 e. The van der Waals surface area contributed by atoms with Crippen LogP contribution in [-0.4, -0.2) is 27.5 Å². The predicted octanol–water partition coefficient (Wildman–Crippen LogP) is 2.84. The van der Waals surface area contributed by atoms with Crippen LogP contribution in [0.5, 0.6) is 5.75 Å². The number of para-hydroxylation sites is 1. The van der Waals surface area contributed by atoms with E-state index in [1.807, 2.05) is 32.0 Å². The molecule has 0 aromatic heterocycles. The van der Waals surface area contributed by atoms with Crippen molar-refractivity contribution in [3.05, 3.63) is 59.9 Å². The number of methoxy groups -OCH3 is 1. The summed E-state index contributed by atoms with van der Waals surface area (Å²) in [4.78, 5) is 12.3. The van der Waals surface area contributed by atoms with Crippen molar-refractivity contribution in [2.75, 3.05) is 7.11 Å². The monoisotopic (exact) mass is 408 g/mol. The molecule has 0 bridgehead atoms. The first-order chi connectivity index (χ1) is 13.2. The zero-order valence-corrected chi connectivity index (χ0v) is 16.9. The second kappa shape index (κ2) is 9.66. The number of benzene rings is 2. The maximum Gasteiger partial charge on any atom is 0.240 e. The van der Waals surface area contributed by atoms with Crippen molar-refractivity contribution in [2.45, 2.75) is 37.8 Å². The zero-order valence-electron chi connectivity index (χ0n) is 16.1. The smallest absolute Gasteiger partial charge is 0.240 e. The van der Waals surface area contributed by atoms with Gasteiger partial charge in [0, 0.05) is 24.6 Å². The summed E-state index contributed by atoms with van der Waals surface area (Å²) in [5.74, 6) is -0.256. The van der Waals surface area contributed by atoms with Gasteiger partial charge in [0.25, 0.3) is 0 Å². The Balaban J connectivity index is 2.01. The summed E-state index contributed by atoms with van der Waals surface area (Å²) in [6, 6.07) is 11.3. The van der Waals surface area contributed by atoms with Crippen LogP contribution in [0.25, 0.3) is 0 Å². The van der Waals surface area contributed by atoms with Crippen LogP contribution in [0, 0.1) is 11.7 Å². The highest BCUT2D eigenvalue weighted by atomic mass is 32.2. The van der Waals surface area contributed by atoms with Crippen molar-refractivity contribution in [1.29, 1.82) is 0 Å². The number of ether oxygens (including phenoxy) is 1. The molecule has 0 aliphatic rings. The van der Waals surface area contributed by atoms with E-state index < -0.39 is 21.9 Å². The van der Waals surface area contributed by atoms with E-state index in [-0.39, 0.29) is 29.7 Å². The second-order valence-electron chi connectivity index (χ2n) is 6.72. The molecule has 0 aliphatic heterocycles. The Morgan fingerprint density at radius 2 is 1.75 bits per heavy atom. The Morgan fingerprint density at radius 3 is 2.36 bits per heavy atom. The van der Waals surface area contributed by atoms with Gasteiger partial charge in [-0.05, 0) is 36.2 Å². The molecule has 0 saturated heterocycles. The van der Waals surface area contributed by atoms with Crippen LogP contribution in [-0.2, 0) is 21.4 Å². The number of amides is 1. The molecule has 28 heavy (non-hydrogen) atoms. The lowest BCUT2D eigenvalue weighted by atomic mass is 10.0. The van der Waals surface area contributed by atoms with E-state index in [1.165, 1.54) is 12.1 Å². The van der Waals surface area contributed by atoms with Gasteiger partial charge in [0.1, 0.15) is 11.6 Å². The van der Waals surface area contributed by atoms with E-state index in [9.17, 15) is 17.6 Å². The van der Waals surface area contributed by atoms with Gasteiger partial charge < -0.3 is 10.1 Å². The Kier molecular flexibility index (Phi) is 7.53. The Morgan fingerprint density at radius 1 is 1.11 bits per heavy atom. The summed E-state index contributed by atoms with van der Waals surface area (Å²) in [6.45, 7) is 3.93. The van der Waals surface area contributed by atoms with Crippen molar-refractivity contribution in [1.82, 2.24) is 10.0 Å². The van der Waals surface area contributed by atoms with Crippen LogP contribution < -0.4 is 14.8 Å². The van der Waals surface area contributed by atoms with E-state index in [0.717, 1.165) is 17.7 Å². The van der Waals surface area contributed by atoms with Crippen molar-refractivity contribution in [3.8, 4) is 5.75 Å². The lowest BCUT2D eigenvalue weighted by Crippen LogP contribution is -2.42. The molecule has 1 amide bonds. The summed E-state index contributed by atoms with van der Waals surface area (Å²) >= 11 is 0. The quantitative estimate of drug-likeness (QED) is 0.668. The molecule has 0 aliphatic carbocycles. The molecular formula is C20H25FN2O4S. The maximum atomic E-state index is 13.0. The highest BCUT2D eigenvalue weighted by Crippen LogP contribution is 2.17. The van der Waals surface area contributed by atoms with Gasteiger partial charge >= 0.3 is 0 Å². The summed E-state index contributed by atoms with van der Waals surface area (Å²) in [5, 5.41) is 2.79. The van der Waals surface area contributed by atoms with Crippen LogP contribution in [0.2, 0.25) is 0 Å².